The Hall–Kier alpha value is -3.42. The molecule has 13 heteroatoms. The van der Waals surface area contributed by atoms with E-state index < -0.39 is 49.3 Å². The minimum atomic E-state index is -4.95. The molecule has 1 aliphatic heterocycles. The summed E-state index contributed by atoms with van der Waals surface area (Å²) in [6.45, 7) is 1.58. The van der Waals surface area contributed by atoms with Crippen molar-refractivity contribution in [3.05, 3.63) is 52.6 Å². The zero-order chi connectivity index (χ0) is 21.3. The summed E-state index contributed by atoms with van der Waals surface area (Å²) in [5.74, 6) is -1.01. The number of hydrogen-bond donors (Lipinski definition) is 3. The number of nitro benzene ring substituents is 1. The third kappa shape index (κ3) is 4.06. The number of phenolic OH excluding ortho intramolecular Hbond substituents is 1. The Morgan fingerprint density at radius 1 is 1.24 bits per heavy atom. The van der Waals surface area contributed by atoms with Gasteiger partial charge in [-0.25, -0.2) is 5.01 Å². The van der Waals surface area contributed by atoms with Crippen molar-refractivity contribution < 1.29 is 28.1 Å². The van der Waals surface area contributed by atoms with Crippen LogP contribution in [-0.4, -0.2) is 46.1 Å². The van der Waals surface area contributed by atoms with E-state index in [1.807, 2.05) is 0 Å². The predicted molar refractivity (Wildman–Crippen MR) is 101 cm³/mol. The largest absolute Gasteiger partial charge is 0.504 e. The highest BCUT2D eigenvalue weighted by atomic mass is 32.2. The van der Waals surface area contributed by atoms with Crippen molar-refractivity contribution in [2.45, 2.75) is 24.1 Å². The van der Waals surface area contributed by atoms with Crippen molar-refractivity contribution in [3.8, 4) is 5.75 Å². The van der Waals surface area contributed by atoms with Crippen molar-refractivity contribution in [1.29, 1.82) is 0 Å². The fourth-order valence-corrected chi connectivity index (χ4v) is 3.27. The van der Waals surface area contributed by atoms with Gasteiger partial charge in [-0.1, -0.05) is 18.2 Å². The summed E-state index contributed by atoms with van der Waals surface area (Å²) < 4.78 is 31.9. The molecule has 0 aliphatic carbocycles. The van der Waals surface area contributed by atoms with Gasteiger partial charge < -0.3 is 10.2 Å². The quantitative estimate of drug-likeness (QED) is 0.284. The van der Waals surface area contributed by atoms with E-state index in [1.165, 1.54) is 5.01 Å². The van der Waals surface area contributed by atoms with E-state index in [-0.39, 0.29) is 0 Å². The Kier molecular flexibility index (Phi) is 5.28. The molecule has 12 nitrogen and oxygen atoms in total. The molecule has 0 fully saturated rings. The summed E-state index contributed by atoms with van der Waals surface area (Å²) in [6.07, 6.45) is -1.25. The van der Waals surface area contributed by atoms with E-state index in [0.717, 1.165) is 6.07 Å². The molecule has 0 aromatic heterocycles. The summed E-state index contributed by atoms with van der Waals surface area (Å²) in [7, 11) is -4.95. The molecule has 3 rings (SSSR count). The number of hydrazone groups is 1. The van der Waals surface area contributed by atoms with E-state index in [2.05, 4.69) is 15.3 Å². The predicted octanol–water partition coefficient (Wildman–Crippen LogP) is 2.21. The van der Waals surface area contributed by atoms with Crippen LogP contribution in [0, 0.1) is 10.1 Å². The van der Waals surface area contributed by atoms with Gasteiger partial charge >= 0.3 is 0 Å². The standard InChI is InChI=1S/C16H15N5O7S/c1-9-14(16(23)20(19-9)10-5-3-2-4-6-10)18-17-12-7-11(21(24)25)8-13(15(12)22)29(26,27)28/h2-8,14,16,22-23H,1H3,(H,26,27,28). The summed E-state index contributed by atoms with van der Waals surface area (Å²) in [5.41, 5.74) is -0.341. The number of benzene rings is 2. The first-order valence-corrected chi connectivity index (χ1v) is 9.51. The van der Waals surface area contributed by atoms with Crippen LogP contribution in [0.2, 0.25) is 0 Å². The van der Waals surface area contributed by atoms with Crippen LogP contribution in [0.1, 0.15) is 6.92 Å². The van der Waals surface area contributed by atoms with Crippen LogP contribution in [0.5, 0.6) is 5.75 Å². The van der Waals surface area contributed by atoms with Gasteiger partial charge in [-0.05, 0) is 19.1 Å². The Morgan fingerprint density at radius 2 is 1.90 bits per heavy atom. The van der Waals surface area contributed by atoms with E-state index in [9.17, 15) is 33.3 Å². The highest BCUT2D eigenvalue weighted by Gasteiger charge is 2.35. The lowest BCUT2D eigenvalue weighted by atomic mass is 10.2. The molecule has 0 radical (unpaired) electrons. The molecular weight excluding hydrogens is 406 g/mol. The Balaban J connectivity index is 1.97. The summed E-state index contributed by atoms with van der Waals surface area (Å²) in [4.78, 5) is 9.02. The Labute approximate surface area is 164 Å². The molecule has 152 valence electrons. The van der Waals surface area contributed by atoms with E-state index in [4.69, 9.17) is 0 Å². The van der Waals surface area contributed by atoms with Gasteiger partial charge in [0.25, 0.3) is 15.8 Å². The average Bonchev–Trinajstić information content (AvgIpc) is 2.94. The molecule has 0 bridgehead atoms. The molecule has 0 saturated heterocycles. The second-order valence-electron chi connectivity index (χ2n) is 6.04. The molecule has 0 spiro atoms. The molecule has 2 unspecified atom stereocenters. The van der Waals surface area contributed by atoms with Crippen molar-refractivity contribution in [1.82, 2.24) is 0 Å². The van der Waals surface area contributed by atoms with Crippen molar-refractivity contribution in [2.24, 2.45) is 15.3 Å². The number of non-ortho nitro benzene ring substituents is 1. The summed E-state index contributed by atoms with van der Waals surface area (Å²) >= 11 is 0. The van der Waals surface area contributed by atoms with Crippen LogP contribution in [0.3, 0.4) is 0 Å². The van der Waals surface area contributed by atoms with Crippen LogP contribution in [0.4, 0.5) is 17.1 Å². The van der Waals surface area contributed by atoms with E-state index >= 15 is 0 Å². The number of aliphatic hydroxyl groups is 1. The van der Waals surface area contributed by atoms with Crippen LogP contribution in [0.15, 0.2) is 62.7 Å². The fraction of sp³-hybridized carbons (Fsp3) is 0.188. The van der Waals surface area contributed by atoms with Crippen LogP contribution in [-0.2, 0) is 10.1 Å². The van der Waals surface area contributed by atoms with Crippen molar-refractivity contribution in [2.75, 3.05) is 5.01 Å². The van der Waals surface area contributed by atoms with Crippen LogP contribution >= 0.6 is 0 Å². The zero-order valence-corrected chi connectivity index (χ0v) is 15.6. The second kappa shape index (κ2) is 7.54. The lowest BCUT2D eigenvalue weighted by Gasteiger charge is -2.20. The second-order valence-corrected chi connectivity index (χ2v) is 7.43. The number of hydrogen-bond acceptors (Lipinski definition) is 10. The minimum Gasteiger partial charge on any atom is -0.504 e. The molecule has 2 aromatic rings. The van der Waals surface area contributed by atoms with Gasteiger partial charge in [-0.3, -0.25) is 14.7 Å². The van der Waals surface area contributed by atoms with Crippen LogP contribution < -0.4 is 5.01 Å². The lowest BCUT2D eigenvalue weighted by molar-refractivity contribution is -0.385. The number of azo groups is 1. The number of nitrogens with zero attached hydrogens (tertiary/aromatic N) is 5. The van der Waals surface area contributed by atoms with Gasteiger partial charge in [0.2, 0.25) is 0 Å². The maximum atomic E-state index is 11.4. The normalized spacial score (nSPS) is 19.6. The van der Waals surface area contributed by atoms with Gasteiger partial charge in [0, 0.05) is 12.1 Å². The molecule has 1 heterocycles. The highest BCUT2D eigenvalue weighted by molar-refractivity contribution is 7.86. The number of para-hydroxylation sites is 1. The summed E-state index contributed by atoms with van der Waals surface area (Å²) in [6, 6.07) is 9.02. The van der Waals surface area contributed by atoms with Gasteiger partial charge in [0.15, 0.2) is 18.0 Å². The molecular formula is C16H15N5O7S. The minimum absolute atomic E-state index is 0.366. The number of anilines is 1. The first kappa shape index (κ1) is 20.3. The fourth-order valence-electron chi connectivity index (χ4n) is 2.65. The van der Waals surface area contributed by atoms with Gasteiger partial charge in [-0.15, -0.1) is 0 Å². The molecule has 0 saturated carbocycles. The van der Waals surface area contributed by atoms with Crippen LogP contribution in [0.25, 0.3) is 0 Å². The monoisotopic (exact) mass is 421 g/mol. The first-order chi connectivity index (χ1) is 13.6. The molecule has 3 N–H and O–H groups in total. The topological polar surface area (TPSA) is 178 Å². The maximum Gasteiger partial charge on any atom is 0.298 e. The third-order valence-electron chi connectivity index (χ3n) is 4.07. The highest BCUT2D eigenvalue weighted by Crippen LogP contribution is 2.38. The molecule has 0 amide bonds. The number of phenols is 1. The Bertz CT molecular complexity index is 1120. The first-order valence-electron chi connectivity index (χ1n) is 8.07. The number of rotatable bonds is 5. The number of aliphatic hydroxyl groups excluding tert-OH is 1. The molecule has 2 aromatic carbocycles. The van der Waals surface area contributed by atoms with Crippen molar-refractivity contribution >= 4 is 32.9 Å². The smallest absolute Gasteiger partial charge is 0.298 e. The van der Waals surface area contributed by atoms with Gasteiger partial charge in [0.05, 0.1) is 16.3 Å². The maximum absolute atomic E-state index is 11.4. The zero-order valence-electron chi connectivity index (χ0n) is 14.8. The molecule has 1 aliphatic rings. The number of nitro groups is 1. The van der Waals surface area contributed by atoms with Gasteiger partial charge in [0.1, 0.15) is 10.6 Å². The molecule has 2 atom stereocenters. The lowest BCUT2D eigenvalue weighted by Crippen LogP contribution is -2.35. The van der Waals surface area contributed by atoms with Crippen molar-refractivity contribution in [3.63, 3.8) is 0 Å². The van der Waals surface area contributed by atoms with E-state index in [0.29, 0.717) is 17.5 Å². The van der Waals surface area contributed by atoms with E-state index in [1.54, 1.807) is 37.3 Å². The Morgan fingerprint density at radius 3 is 2.48 bits per heavy atom. The third-order valence-corrected chi connectivity index (χ3v) is 4.93. The average molecular weight is 421 g/mol. The molecule has 29 heavy (non-hydrogen) atoms. The number of aromatic hydroxyl groups is 1. The summed E-state index contributed by atoms with van der Waals surface area (Å²) in [5, 5.41) is 44.6. The SMILES string of the molecule is CC1=NN(c2ccccc2)C(O)C1N=Nc1cc([N+](=O)[O-])cc(S(=O)(=O)O)c1O. The van der Waals surface area contributed by atoms with Gasteiger partial charge in [-0.2, -0.15) is 23.7 Å².